The Hall–Kier alpha value is -2.21. The molecule has 1 aromatic heterocycles. The molecule has 0 saturated heterocycles. The molecule has 1 aromatic carbocycles. The number of nitrogens with zero attached hydrogens (tertiary/aromatic N) is 2. The minimum Gasteiger partial charge on any atom is -0.350 e. The van der Waals surface area contributed by atoms with E-state index in [1.54, 1.807) is 10.8 Å². The fourth-order valence-corrected chi connectivity index (χ4v) is 1.75. The van der Waals surface area contributed by atoms with Gasteiger partial charge in [0.1, 0.15) is 5.82 Å². The zero-order valence-corrected chi connectivity index (χ0v) is 9.54. The van der Waals surface area contributed by atoms with E-state index in [0.29, 0.717) is 18.7 Å². The monoisotopic (exact) mass is 249 g/mol. The molecule has 2 N–H and O–H groups in total. The summed E-state index contributed by atoms with van der Waals surface area (Å²) in [6.07, 6.45) is 3.63. The van der Waals surface area contributed by atoms with Crippen LogP contribution in [0.1, 0.15) is 11.1 Å². The molecule has 0 spiro atoms. The smallest absolute Gasteiger partial charge is 0.272 e. The Morgan fingerprint density at radius 3 is 2.72 bits per heavy atom. The number of hydrogen-bond donors (Lipinski definition) is 1. The van der Waals surface area contributed by atoms with Gasteiger partial charge in [0.15, 0.2) is 0 Å². The van der Waals surface area contributed by atoms with Crippen molar-refractivity contribution in [3.8, 4) is 0 Å². The Morgan fingerprint density at radius 2 is 2.11 bits per heavy atom. The number of nitro groups is 1. The van der Waals surface area contributed by atoms with Crippen LogP contribution < -0.4 is 5.73 Å². The summed E-state index contributed by atoms with van der Waals surface area (Å²) in [6.45, 7) is 0.800. The minimum atomic E-state index is -0.606. The molecule has 5 nitrogen and oxygen atoms in total. The van der Waals surface area contributed by atoms with Gasteiger partial charge in [0.05, 0.1) is 11.0 Å². The van der Waals surface area contributed by atoms with Crippen molar-refractivity contribution in [3.63, 3.8) is 0 Å². The van der Waals surface area contributed by atoms with Crippen molar-refractivity contribution in [3.05, 3.63) is 63.7 Å². The summed E-state index contributed by atoms with van der Waals surface area (Å²) in [6, 6.07) is 5.42. The molecular weight excluding hydrogens is 237 g/mol. The lowest BCUT2D eigenvalue weighted by atomic mass is 10.2. The van der Waals surface area contributed by atoms with Crippen LogP contribution in [0.5, 0.6) is 0 Å². The number of halogens is 1. The maximum absolute atomic E-state index is 13.2. The van der Waals surface area contributed by atoms with E-state index >= 15 is 0 Å². The second kappa shape index (κ2) is 4.97. The molecule has 0 saturated carbocycles. The fraction of sp³-hybridized carbons (Fsp3) is 0.167. The van der Waals surface area contributed by atoms with Crippen molar-refractivity contribution in [2.75, 3.05) is 0 Å². The van der Waals surface area contributed by atoms with Gasteiger partial charge in [-0.2, -0.15) is 0 Å². The maximum atomic E-state index is 13.2. The van der Waals surface area contributed by atoms with Crippen molar-refractivity contribution >= 4 is 5.69 Å². The SMILES string of the molecule is NCc1ccn(Cc2cc(F)cc([N+](=O)[O-])c2)c1. The topological polar surface area (TPSA) is 74.1 Å². The third-order valence-electron chi connectivity index (χ3n) is 2.57. The number of aromatic nitrogens is 1. The van der Waals surface area contributed by atoms with E-state index in [1.165, 1.54) is 12.1 Å². The Morgan fingerprint density at radius 1 is 1.33 bits per heavy atom. The predicted molar refractivity (Wildman–Crippen MR) is 64.5 cm³/mol. The van der Waals surface area contributed by atoms with Gasteiger partial charge < -0.3 is 10.3 Å². The van der Waals surface area contributed by atoms with Crippen LogP contribution in [0.15, 0.2) is 36.7 Å². The third-order valence-corrected chi connectivity index (χ3v) is 2.57. The molecular formula is C12H12FN3O2. The summed E-state index contributed by atoms with van der Waals surface area (Å²) in [4.78, 5) is 10.0. The van der Waals surface area contributed by atoms with Crippen LogP contribution >= 0.6 is 0 Å². The highest BCUT2D eigenvalue weighted by Crippen LogP contribution is 2.17. The van der Waals surface area contributed by atoms with Crippen LogP contribution in [0.4, 0.5) is 10.1 Å². The highest BCUT2D eigenvalue weighted by molar-refractivity contribution is 5.35. The summed E-state index contributed by atoms with van der Waals surface area (Å²) in [7, 11) is 0. The Bertz CT molecular complexity index is 580. The van der Waals surface area contributed by atoms with Gasteiger partial charge in [-0.3, -0.25) is 10.1 Å². The number of benzene rings is 1. The molecule has 94 valence electrons. The van der Waals surface area contributed by atoms with Crippen molar-refractivity contribution in [1.82, 2.24) is 4.57 Å². The minimum absolute atomic E-state index is 0.240. The van der Waals surface area contributed by atoms with Crippen molar-refractivity contribution < 1.29 is 9.31 Å². The molecule has 0 radical (unpaired) electrons. The van der Waals surface area contributed by atoms with Gasteiger partial charge in [0, 0.05) is 31.5 Å². The number of nitrogens with two attached hydrogens (primary N) is 1. The second-order valence-corrected chi connectivity index (χ2v) is 3.97. The molecule has 2 aromatic rings. The van der Waals surface area contributed by atoms with Gasteiger partial charge >= 0.3 is 0 Å². The van der Waals surface area contributed by atoms with Crippen molar-refractivity contribution in [1.29, 1.82) is 0 Å². The van der Waals surface area contributed by atoms with E-state index in [9.17, 15) is 14.5 Å². The van der Waals surface area contributed by atoms with Gasteiger partial charge in [0.25, 0.3) is 5.69 Å². The quantitative estimate of drug-likeness (QED) is 0.665. The number of non-ortho nitro benzene ring substituents is 1. The molecule has 0 aliphatic carbocycles. The zero-order chi connectivity index (χ0) is 13.1. The summed E-state index contributed by atoms with van der Waals surface area (Å²) < 4.78 is 15.0. The first-order chi connectivity index (χ1) is 8.58. The molecule has 0 atom stereocenters. The predicted octanol–water partition coefficient (Wildman–Crippen LogP) is 2.04. The first-order valence-electron chi connectivity index (χ1n) is 5.37. The van der Waals surface area contributed by atoms with Crippen molar-refractivity contribution in [2.24, 2.45) is 5.73 Å². The molecule has 18 heavy (non-hydrogen) atoms. The highest BCUT2D eigenvalue weighted by Gasteiger charge is 2.10. The molecule has 0 bridgehead atoms. The summed E-state index contributed by atoms with van der Waals surface area (Å²) >= 11 is 0. The van der Waals surface area contributed by atoms with Gasteiger partial charge in [-0.25, -0.2) is 4.39 Å². The van der Waals surface area contributed by atoms with E-state index in [2.05, 4.69) is 0 Å². The fourth-order valence-electron chi connectivity index (χ4n) is 1.75. The van der Waals surface area contributed by atoms with Crippen LogP contribution in [0.2, 0.25) is 0 Å². The lowest BCUT2D eigenvalue weighted by molar-refractivity contribution is -0.385. The normalized spacial score (nSPS) is 10.6. The molecule has 0 fully saturated rings. The molecule has 2 rings (SSSR count). The highest BCUT2D eigenvalue weighted by atomic mass is 19.1. The lowest BCUT2D eigenvalue weighted by Gasteiger charge is -2.03. The van der Waals surface area contributed by atoms with Crippen molar-refractivity contribution in [2.45, 2.75) is 13.1 Å². The van der Waals surface area contributed by atoms with Crippen LogP contribution in [-0.2, 0) is 13.1 Å². The molecule has 0 amide bonds. The molecule has 0 aliphatic rings. The van der Waals surface area contributed by atoms with Crippen LogP contribution in [0.25, 0.3) is 0 Å². The van der Waals surface area contributed by atoms with E-state index in [1.807, 2.05) is 12.3 Å². The first kappa shape index (κ1) is 12.3. The van der Waals surface area contributed by atoms with Crippen LogP contribution in [0.3, 0.4) is 0 Å². The van der Waals surface area contributed by atoms with Gasteiger partial charge in [0.2, 0.25) is 0 Å². The summed E-state index contributed by atoms with van der Waals surface area (Å²) in [5, 5.41) is 10.6. The standard InChI is InChI=1S/C12H12FN3O2/c13-11-3-10(4-12(5-11)16(17)18)8-15-2-1-9(6-14)7-15/h1-5,7H,6,8,14H2. The largest absolute Gasteiger partial charge is 0.350 e. The number of nitro benzene ring substituents is 1. The molecule has 0 aliphatic heterocycles. The van der Waals surface area contributed by atoms with Gasteiger partial charge in [-0.1, -0.05) is 0 Å². The number of rotatable bonds is 4. The van der Waals surface area contributed by atoms with Crippen LogP contribution in [0, 0.1) is 15.9 Å². The maximum Gasteiger partial charge on any atom is 0.272 e. The average molecular weight is 249 g/mol. The Labute approximate surface area is 103 Å². The zero-order valence-electron chi connectivity index (χ0n) is 9.54. The van der Waals surface area contributed by atoms with Crippen LogP contribution in [-0.4, -0.2) is 9.49 Å². The second-order valence-electron chi connectivity index (χ2n) is 3.97. The molecule has 1 heterocycles. The van der Waals surface area contributed by atoms with E-state index in [4.69, 9.17) is 5.73 Å². The summed E-state index contributed by atoms with van der Waals surface area (Å²) in [5.41, 5.74) is 6.74. The number of hydrogen-bond acceptors (Lipinski definition) is 3. The Kier molecular flexibility index (Phi) is 3.38. The average Bonchev–Trinajstić information content (AvgIpc) is 2.76. The van der Waals surface area contributed by atoms with Gasteiger partial charge in [-0.05, 0) is 23.3 Å². The summed E-state index contributed by atoms with van der Waals surface area (Å²) in [5.74, 6) is -0.606. The third kappa shape index (κ3) is 2.72. The molecule has 0 unspecified atom stereocenters. The van der Waals surface area contributed by atoms with E-state index in [-0.39, 0.29) is 5.69 Å². The van der Waals surface area contributed by atoms with E-state index < -0.39 is 10.7 Å². The first-order valence-corrected chi connectivity index (χ1v) is 5.37. The Balaban J connectivity index is 2.25. The lowest BCUT2D eigenvalue weighted by Crippen LogP contribution is -2.00. The van der Waals surface area contributed by atoms with E-state index in [0.717, 1.165) is 11.6 Å². The van der Waals surface area contributed by atoms with Gasteiger partial charge in [-0.15, -0.1) is 0 Å². The molecule has 6 heteroatoms.